The zero-order valence-corrected chi connectivity index (χ0v) is 13.2. The van der Waals surface area contributed by atoms with Gasteiger partial charge in [-0.25, -0.2) is 0 Å². The Bertz CT molecular complexity index is 451. The molecule has 1 aromatic rings. The van der Waals surface area contributed by atoms with Crippen molar-refractivity contribution in [2.45, 2.75) is 58.9 Å². The molecule has 3 rings (SSSR count). The molecule has 3 atom stereocenters. The molecule has 0 radical (unpaired) electrons. The largest absolute Gasteiger partial charge is 0.316 e. The van der Waals surface area contributed by atoms with Gasteiger partial charge in [-0.3, -0.25) is 4.68 Å². The van der Waals surface area contributed by atoms with Crippen LogP contribution in [0.5, 0.6) is 0 Å². The minimum Gasteiger partial charge on any atom is -0.316 e. The van der Waals surface area contributed by atoms with Gasteiger partial charge in [0.2, 0.25) is 0 Å². The van der Waals surface area contributed by atoms with Crippen LogP contribution in [0.15, 0.2) is 12.3 Å². The Morgan fingerprint density at radius 3 is 2.85 bits per heavy atom. The predicted molar refractivity (Wildman–Crippen MR) is 82.7 cm³/mol. The van der Waals surface area contributed by atoms with E-state index in [4.69, 9.17) is 5.10 Å². The first-order valence-corrected chi connectivity index (χ1v) is 8.38. The number of aromatic nitrogens is 2. The van der Waals surface area contributed by atoms with Crippen LogP contribution in [0, 0.1) is 17.3 Å². The van der Waals surface area contributed by atoms with Gasteiger partial charge in [0.1, 0.15) is 0 Å². The summed E-state index contributed by atoms with van der Waals surface area (Å²) in [5.41, 5.74) is 1.78. The van der Waals surface area contributed by atoms with Gasteiger partial charge < -0.3 is 5.32 Å². The van der Waals surface area contributed by atoms with Gasteiger partial charge in [0.25, 0.3) is 0 Å². The summed E-state index contributed by atoms with van der Waals surface area (Å²) < 4.78 is 2.10. The molecule has 0 aliphatic heterocycles. The fraction of sp³-hybridized carbons (Fsp3) is 0.824. The summed E-state index contributed by atoms with van der Waals surface area (Å²) in [6, 6.07) is 2.70. The van der Waals surface area contributed by atoms with Crippen LogP contribution in [0.3, 0.4) is 0 Å². The Balaban J connectivity index is 1.76. The summed E-state index contributed by atoms with van der Waals surface area (Å²) in [7, 11) is 0. The maximum atomic E-state index is 4.80. The molecule has 1 aromatic heterocycles. The van der Waals surface area contributed by atoms with Crippen LogP contribution >= 0.6 is 0 Å². The summed E-state index contributed by atoms with van der Waals surface area (Å²) in [5, 5.41) is 8.43. The second-order valence-electron chi connectivity index (χ2n) is 7.28. The number of nitrogens with one attached hydrogen (secondary N) is 1. The molecule has 2 aliphatic carbocycles. The molecule has 0 aromatic carbocycles. The minimum atomic E-state index is 0.466. The lowest BCUT2D eigenvalue weighted by Crippen LogP contribution is -2.40. The van der Waals surface area contributed by atoms with Crippen molar-refractivity contribution in [2.75, 3.05) is 13.1 Å². The lowest BCUT2D eigenvalue weighted by atomic mass is 9.70. The van der Waals surface area contributed by atoms with Crippen LogP contribution in [0.2, 0.25) is 0 Å². The number of rotatable bonds is 6. The smallest absolute Gasteiger partial charge is 0.0630 e. The lowest BCUT2D eigenvalue weighted by molar-refractivity contribution is 0.155. The van der Waals surface area contributed by atoms with Crippen molar-refractivity contribution >= 4 is 0 Å². The highest BCUT2D eigenvalue weighted by Gasteiger charge is 2.50. The molecular weight excluding hydrogens is 246 g/mol. The molecule has 1 heterocycles. The average molecular weight is 275 g/mol. The Kier molecular flexibility index (Phi) is 3.89. The third-order valence-electron chi connectivity index (χ3n) is 5.56. The molecule has 3 heteroatoms. The summed E-state index contributed by atoms with van der Waals surface area (Å²) in [6.07, 6.45) is 9.12. The molecule has 3 nitrogen and oxygen atoms in total. The summed E-state index contributed by atoms with van der Waals surface area (Å²) in [4.78, 5) is 0. The number of nitrogens with zero attached hydrogens (tertiary/aromatic N) is 2. The molecule has 3 unspecified atom stereocenters. The van der Waals surface area contributed by atoms with Crippen LogP contribution in [-0.4, -0.2) is 22.9 Å². The minimum absolute atomic E-state index is 0.466. The Hall–Kier alpha value is -0.830. The monoisotopic (exact) mass is 275 g/mol. The molecule has 2 fully saturated rings. The molecule has 0 spiro atoms. The van der Waals surface area contributed by atoms with Crippen LogP contribution in [0.1, 0.15) is 58.2 Å². The predicted octanol–water partition coefficient (Wildman–Crippen LogP) is 3.42. The van der Waals surface area contributed by atoms with E-state index in [1.165, 1.54) is 44.3 Å². The Morgan fingerprint density at radius 2 is 2.30 bits per heavy atom. The Labute approximate surface area is 123 Å². The zero-order valence-electron chi connectivity index (χ0n) is 13.2. The zero-order chi connectivity index (χ0) is 14.2. The quantitative estimate of drug-likeness (QED) is 0.862. The fourth-order valence-electron chi connectivity index (χ4n) is 4.55. The third kappa shape index (κ3) is 2.52. The van der Waals surface area contributed by atoms with Gasteiger partial charge in [-0.1, -0.05) is 13.3 Å². The second-order valence-corrected chi connectivity index (χ2v) is 7.28. The number of hydrogen-bond donors (Lipinski definition) is 1. The van der Waals surface area contributed by atoms with Gasteiger partial charge in [0, 0.05) is 18.8 Å². The fourth-order valence-corrected chi connectivity index (χ4v) is 4.55. The highest BCUT2D eigenvalue weighted by Crippen LogP contribution is 2.56. The third-order valence-corrected chi connectivity index (χ3v) is 5.56. The van der Waals surface area contributed by atoms with Crippen LogP contribution in [0.4, 0.5) is 0 Å². The maximum absolute atomic E-state index is 4.80. The van der Waals surface area contributed by atoms with Crippen LogP contribution in [0.25, 0.3) is 0 Å². The maximum Gasteiger partial charge on any atom is 0.0630 e. The normalized spacial score (nSPS) is 32.4. The summed E-state index contributed by atoms with van der Waals surface area (Å²) in [5.74, 6) is 1.92. The van der Waals surface area contributed by atoms with Crippen molar-refractivity contribution in [2.24, 2.45) is 17.3 Å². The standard InChI is InChI=1S/C17H29N3/c1-4-18-12-17(10-14-5-6-15(17)9-14)11-16-7-8-20(19-16)13(2)3/h7-8,13-15,18H,4-6,9-12H2,1-3H3. The van der Waals surface area contributed by atoms with Crippen LogP contribution < -0.4 is 5.32 Å². The van der Waals surface area contributed by atoms with Gasteiger partial charge in [0.05, 0.1) is 5.69 Å². The summed E-state index contributed by atoms with van der Waals surface area (Å²) >= 11 is 0. The van der Waals surface area contributed by atoms with Crippen molar-refractivity contribution in [3.05, 3.63) is 18.0 Å². The first-order valence-electron chi connectivity index (χ1n) is 8.38. The van der Waals surface area contributed by atoms with Crippen molar-refractivity contribution in [3.63, 3.8) is 0 Å². The average Bonchev–Trinajstić information content (AvgIpc) is 3.11. The first kappa shape index (κ1) is 14.1. The van der Waals surface area contributed by atoms with Gasteiger partial charge in [-0.15, -0.1) is 0 Å². The second kappa shape index (κ2) is 5.51. The van der Waals surface area contributed by atoms with Crippen LogP contribution in [-0.2, 0) is 6.42 Å². The van der Waals surface area contributed by atoms with E-state index in [0.717, 1.165) is 18.4 Å². The molecule has 2 aliphatic rings. The molecule has 20 heavy (non-hydrogen) atoms. The van der Waals surface area contributed by atoms with Gasteiger partial charge in [-0.05, 0) is 69.4 Å². The number of fused-ring (bicyclic) bond motifs is 2. The summed E-state index contributed by atoms with van der Waals surface area (Å²) in [6.45, 7) is 8.87. The highest BCUT2D eigenvalue weighted by atomic mass is 15.3. The lowest BCUT2D eigenvalue weighted by Gasteiger charge is -2.37. The molecule has 2 saturated carbocycles. The molecule has 112 valence electrons. The van der Waals surface area contributed by atoms with E-state index in [0.29, 0.717) is 11.5 Å². The van der Waals surface area contributed by atoms with E-state index in [2.05, 4.69) is 43.0 Å². The highest BCUT2D eigenvalue weighted by molar-refractivity contribution is 5.10. The van der Waals surface area contributed by atoms with Crippen molar-refractivity contribution in [1.29, 1.82) is 0 Å². The van der Waals surface area contributed by atoms with Crippen molar-refractivity contribution < 1.29 is 0 Å². The first-order chi connectivity index (χ1) is 9.63. The molecule has 0 saturated heterocycles. The molecule has 2 bridgehead atoms. The van der Waals surface area contributed by atoms with E-state index in [1.807, 2.05) is 0 Å². The van der Waals surface area contributed by atoms with Gasteiger partial charge in [0.15, 0.2) is 0 Å². The molecular formula is C17H29N3. The SMILES string of the molecule is CCNCC1(Cc2ccn(C(C)C)n2)CC2CCC1C2. The van der Waals surface area contributed by atoms with Crippen molar-refractivity contribution in [1.82, 2.24) is 15.1 Å². The van der Waals surface area contributed by atoms with E-state index in [9.17, 15) is 0 Å². The van der Waals surface area contributed by atoms with E-state index < -0.39 is 0 Å². The van der Waals surface area contributed by atoms with E-state index >= 15 is 0 Å². The van der Waals surface area contributed by atoms with Gasteiger partial charge in [-0.2, -0.15) is 5.10 Å². The van der Waals surface area contributed by atoms with E-state index in [-0.39, 0.29) is 0 Å². The van der Waals surface area contributed by atoms with E-state index in [1.54, 1.807) is 0 Å². The van der Waals surface area contributed by atoms with Gasteiger partial charge >= 0.3 is 0 Å². The van der Waals surface area contributed by atoms with Crippen molar-refractivity contribution in [3.8, 4) is 0 Å². The number of hydrogen-bond acceptors (Lipinski definition) is 2. The topological polar surface area (TPSA) is 29.9 Å². The Morgan fingerprint density at radius 1 is 1.45 bits per heavy atom. The molecule has 1 N–H and O–H groups in total. The molecule has 0 amide bonds.